The molecule has 2 aromatic rings. The molecule has 4 nitrogen and oxygen atoms in total. The number of aliphatic hydroxyl groups excluding tert-OH is 1. The molecule has 1 saturated heterocycles. The van der Waals surface area contributed by atoms with Crippen molar-refractivity contribution in [3.63, 3.8) is 0 Å². The zero-order valence-corrected chi connectivity index (χ0v) is 12.0. The molecule has 4 heteroatoms. The van der Waals surface area contributed by atoms with Crippen LogP contribution in [0.2, 0.25) is 0 Å². The zero-order valence-electron chi connectivity index (χ0n) is 12.0. The van der Waals surface area contributed by atoms with Gasteiger partial charge in [0.05, 0.1) is 13.2 Å². The summed E-state index contributed by atoms with van der Waals surface area (Å²) in [5.41, 5.74) is 0.646. The molecule has 0 aliphatic carbocycles. The molecule has 0 spiro atoms. The molecule has 2 aromatic heterocycles. The Morgan fingerprint density at radius 1 is 1.50 bits per heavy atom. The van der Waals surface area contributed by atoms with Gasteiger partial charge in [-0.15, -0.1) is 0 Å². The molecule has 0 aromatic carbocycles. The summed E-state index contributed by atoms with van der Waals surface area (Å²) in [6.07, 6.45) is 6.12. The SMILES string of the molecule is CCCC1(CO)CCCN1Cc1cc2cccnc2o1. The van der Waals surface area contributed by atoms with Crippen molar-refractivity contribution in [1.82, 2.24) is 9.88 Å². The summed E-state index contributed by atoms with van der Waals surface area (Å²) in [6.45, 7) is 4.21. The van der Waals surface area contributed by atoms with Crippen LogP contribution in [0.5, 0.6) is 0 Å². The molecule has 108 valence electrons. The predicted molar refractivity (Wildman–Crippen MR) is 78.4 cm³/mol. The lowest BCUT2D eigenvalue weighted by Crippen LogP contribution is -2.46. The third-order valence-corrected chi connectivity index (χ3v) is 4.44. The van der Waals surface area contributed by atoms with Gasteiger partial charge in [-0.3, -0.25) is 4.90 Å². The van der Waals surface area contributed by atoms with Gasteiger partial charge in [0.25, 0.3) is 0 Å². The predicted octanol–water partition coefficient (Wildman–Crippen LogP) is 2.95. The Labute approximate surface area is 119 Å². The molecular weight excluding hydrogens is 252 g/mol. The van der Waals surface area contributed by atoms with E-state index in [0.717, 1.165) is 49.9 Å². The molecule has 20 heavy (non-hydrogen) atoms. The summed E-state index contributed by atoms with van der Waals surface area (Å²) in [7, 11) is 0. The molecule has 3 rings (SSSR count). The van der Waals surface area contributed by atoms with Crippen LogP contribution in [-0.4, -0.2) is 33.7 Å². The summed E-state index contributed by atoms with van der Waals surface area (Å²) >= 11 is 0. The molecule has 0 saturated carbocycles. The van der Waals surface area contributed by atoms with E-state index in [0.29, 0.717) is 5.71 Å². The number of likely N-dealkylation sites (tertiary alicyclic amines) is 1. The molecule has 1 unspecified atom stereocenters. The van der Waals surface area contributed by atoms with Crippen molar-refractivity contribution in [3.8, 4) is 0 Å². The molecular formula is C16H22N2O2. The van der Waals surface area contributed by atoms with Gasteiger partial charge < -0.3 is 9.52 Å². The fraction of sp³-hybridized carbons (Fsp3) is 0.562. The fourth-order valence-corrected chi connectivity index (χ4v) is 3.44. The smallest absolute Gasteiger partial charge is 0.226 e. The molecule has 1 fully saturated rings. The average Bonchev–Trinajstić information content (AvgIpc) is 3.04. The Hall–Kier alpha value is -1.39. The van der Waals surface area contributed by atoms with Crippen LogP contribution < -0.4 is 0 Å². The standard InChI is InChI=1S/C16H22N2O2/c1-2-6-16(12-19)7-4-9-18(16)11-14-10-13-5-3-8-17-15(13)20-14/h3,5,8,10,19H,2,4,6-7,9,11-12H2,1H3. The van der Waals surface area contributed by atoms with E-state index in [1.54, 1.807) is 6.20 Å². The largest absolute Gasteiger partial charge is 0.441 e. The van der Waals surface area contributed by atoms with Gasteiger partial charge in [-0.2, -0.15) is 0 Å². The number of hydrogen-bond acceptors (Lipinski definition) is 4. The van der Waals surface area contributed by atoms with E-state index in [1.807, 2.05) is 12.1 Å². The second kappa shape index (κ2) is 5.54. The summed E-state index contributed by atoms with van der Waals surface area (Å²) in [6, 6.07) is 6.01. The van der Waals surface area contributed by atoms with E-state index in [4.69, 9.17) is 4.42 Å². The van der Waals surface area contributed by atoms with Crippen LogP contribution in [0, 0.1) is 0 Å². The van der Waals surface area contributed by atoms with Gasteiger partial charge in [0.15, 0.2) is 0 Å². The van der Waals surface area contributed by atoms with Gasteiger partial charge in [0.2, 0.25) is 5.71 Å². The van der Waals surface area contributed by atoms with Gasteiger partial charge in [-0.1, -0.05) is 13.3 Å². The van der Waals surface area contributed by atoms with Gasteiger partial charge in [-0.25, -0.2) is 4.98 Å². The molecule has 0 bridgehead atoms. The first-order valence-electron chi connectivity index (χ1n) is 7.47. The topological polar surface area (TPSA) is 49.5 Å². The molecule has 0 radical (unpaired) electrons. The summed E-state index contributed by atoms with van der Waals surface area (Å²) in [5.74, 6) is 0.939. The van der Waals surface area contributed by atoms with Crippen LogP contribution in [0.4, 0.5) is 0 Å². The molecule has 1 aliphatic heterocycles. The van der Waals surface area contributed by atoms with Crippen molar-refractivity contribution >= 4 is 11.1 Å². The number of rotatable bonds is 5. The third kappa shape index (κ3) is 2.34. The monoisotopic (exact) mass is 274 g/mol. The van der Waals surface area contributed by atoms with E-state index >= 15 is 0 Å². The Balaban J connectivity index is 1.82. The van der Waals surface area contributed by atoms with Crippen LogP contribution in [0.1, 0.15) is 38.4 Å². The first kappa shape index (κ1) is 13.6. The van der Waals surface area contributed by atoms with E-state index in [9.17, 15) is 5.11 Å². The number of fused-ring (bicyclic) bond motifs is 1. The number of furan rings is 1. The highest BCUT2D eigenvalue weighted by Crippen LogP contribution is 2.35. The normalized spacial score (nSPS) is 23.7. The van der Waals surface area contributed by atoms with Crippen LogP contribution in [0.25, 0.3) is 11.1 Å². The molecule has 1 N–H and O–H groups in total. The van der Waals surface area contributed by atoms with E-state index in [1.165, 1.54) is 0 Å². The van der Waals surface area contributed by atoms with Crippen molar-refractivity contribution in [2.45, 2.75) is 44.7 Å². The lowest BCUT2D eigenvalue weighted by molar-refractivity contribution is 0.0460. The van der Waals surface area contributed by atoms with Crippen molar-refractivity contribution in [3.05, 3.63) is 30.2 Å². The fourth-order valence-electron chi connectivity index (χ4n) is 3.44. The second-order valence-corrected chi connectivity index (χ2v) is 5.77. The third-order valence-electron chi connectivity index (χ3n) is 4.44. The highest BCUT2D eigenvalue weighted by molar-refractivity contribution is 5.73. The maximum Gasteiger partial charge on any atom is 0.226 e. The average molecular weight is 274 g/mol. The maximum absolute atomic E-state index is 9.85. The highest BCUT2D eigenvalue weighted by atomic mass is 16.3. The Morgan fingerprint density at radius 3 is 3.15 bits per heavy atom. The highest BCUT2D eigenvalue weighted by Gasteiger charge is 2.39. The lowest BCUT2D eigenvalue weighted by atomic mass is 9.91. The number of aliphatic hydroxyl groups is 1. The van der Waals surface area contributed by atoms with E-state index < -0.39 is 0 Å². The molecule has 1 aliphatic rings. The first-order chi connectivity index (χ1) is 9.77. The van der Waals surface area contributed by atoms with Gasteiger partial charge in [0, 0.05) is 17.1 Å². The Morgan fingerprint density at radius 2 is 2.40 bits per heavy atom. The van der Waals surface area contributed by atoms with Gasteiger partial charge in [-0.05, 0) is 44.0 Å². The summed E-state index contributed by atoms with van der Waals surface area (Å²) in [4.78, 5) is 6.62. The van der Waals surface area contributed by atoms with Crippen molar-refractivity contribution < 1.29 is 9.52 Å². The van der Waals surface area contributed by atoms with Gasteiger partial charge in [0.1, 0.15) is 5.76 Å². The lowest BCUT2D eigenvalue weighted by Gasteiger charge is -2.36. The maximum atomic E-state index is 9.85. The summed E-state index contributed by atoms with van der Waals surface area (Å²) < 4.78 is 5.81. The van der Waals surface area contributed by atoms with Gasteiger partial charge >= 0.3 is 0 Å². The van der Waals surface area contributed by atoms with Crippen molar-refractivity contribution in [2.24, 2.45) is 0 Å². The molecule has 1 atom stereocenters. The first-order valence-corrected chi connectivity index (χ1v) is 7.47. The Kier molecular flexibility index (Phi) is 3.76. The van der Waals surface area contributed by atoms with Crippen molar-refractivity contribution in [2.75, 3.05) is 13.2 Å². The van der Waals surface area contributed by atoms with Crippen LogP contribution >= 0.6 is 0 Å². The zero-order chi connectivity index (χ0) is 14.0. The van der Waals surface area contributed by atoms with Crippen LogP contribution in [-0.2, 0) is 6.54 Å². The minimum absolute atomic E-state index is 0.0544. The second-order valence-electron chi connectivity index (χ2n) is 5.77. The number of pyridine rings is 1. The molecule has 0 amide bonds. The minimum atomic E-state index is -0.0544. The van der Waals surface area contributed by atoms with Crippen molar-refractivity contribution in [1.29, 1.82) is 0 Å². The number of hydrogen-bond donors (Lipinski definition) is 1. The van der Waals surface area contributed by atoms with Crippen LogP contribution in [0.3, 0.4) is 0 Å². The quantitative estimate of drug-likeness (QED) is 0.910. The molecule has 3 heterocycles. The van der Waals surface area contributed by atoms with Crippen LogP contribution in [0.15, 0.2) is 28.8 Å². The number of nitrogens with zero attached hydrogens (tertiary/aromatic N) is 2. The van der Waals surface area contributed by atoms with E-state index in [2.05, 4.69) is 22.9 Å². The minimum Gasteiger partial charge on any atom is -0.441 e. The Bertz CT molecular complexity index is 548. The summed E-state index contributed by atoms with van der Waals surface area (Å²) in [5, 5.41) is 10.9. The van der Waals surface area contributed by atoms with E-state index in [-0.39, 0.29) is 12.1 Å². The number of aromatic nitrogens is 1.